The number of rotatable bonds is 10. The molecule has 0 spiro atoms. The minimum Gasteiger partial charge on any atom is -0.492 e. The molecule has 0 aromatic heterocycles. The number of thioether (sulfide) groups is 1. The van der Waals surface area contributed by atoms with Crippen LogP contribution < -0.4 is 10.1 Å². The standard InChI is InChI=1S/C23H25NOS/c1-4-10-20(11-5-1)23(21-12-6-2-7-13-21)26-19-17-24-16-18-25-22-14-8-3-9-15-22/h1-15,23-24H,16-19H2. The van der Waals surface area contributed by atoms with E-state index in [4.69, 9.17) is 4.74 Å². The molecule has 0 aliphatic carbocycles. The second-order valence-electron chi connectivity index (χ2n) is 5.98. The van der Waals surface area contributed by atoms with Crippen LogP contribution in [0.3, 0.4) is 0 Å². The van der Waals surface area contributed by atoms with Crippen molar-refractivity contribution in [1.82, 2.24) is 5.32 Å². The molecule has 3 aromatic carbocycles. The van der Waals surface area contributed by atoms with Gasteiger partial charge in [0.2, 0.25) is 0 Å². The SMILES string of the molecule is c1ccc(OCCNCCSC(c2ccccc2)c2ccccc2)cc1. The Balaban J connectivity index is 1.42. The maximum absolute atomic E-state index is 5.70. The predicted molar refractivity (Wildman–Crippen MR) is 112 cm³/mol. The zero-order valence-corrected chi connectivity index (χ0v) is 15.7. The van der Waals surface area contributed by atoms with E-state index in [1.807, 2.05) is 42.1 Å². The van der Waals surface area contributed by atoms with E-state index in [0.717, 1.165) is 24.6 Å². The molecule has 0 radical (unpaired) electrons. The van der Waals surface area contributed by atoms with Gasteiger partial charge in [0.25, 0.3) is 0 Å². The molecule has 0 unspecified atom stereocenters. The Labute approximate surface area is 160 Å². The largest absolute Gasteiger partial charge is 0.492 e. The molecule has 0 saturated carbocycles. The quantitative estimate of drug-likeness (QED) is 0.502. The van der Waals surface area contributed by atoms with Crippen molar-refractivity contribution >= 4 is 11.8 Å². The van der Waals surface area contributed by atoms with Gasteiger partial charge in [-0.15, -0.1) is 11.8 Å². The van der Waals surface area contributed by atoms with Gasteiger partial charge in [0.05, 0.1) is 5.25 Å². The lowest BCUT2D eigenvalue weighted by Crippen LogP contribution is -2.23. The number of nitrogens with one attached hydrogen (secondary N) is 1. The van der Waals surface area contributed by atoms with Gasteiger partial charge in [-0.1, -0.05) is 78.9 Å². The van der Waals surface area contributed by atoms with Crippen LogP contribution in [0, 0.1) is 0 Å². The monoisotopic (exact) mass is 363 g/mol. The Hall–Kier alpha value is -2.23. The lowest BCUT2D eigenvalue weighted by molar-refractivity contribution is 0.315. The first kappa shape index (κ1) is 18.6. The fraction of sp³-hybridized carbons (Fsp3) is 0.217. The summed E-state index contributed by atoms with van der Waals surface area (Å²) in [6.07, 6.45) is 0. The van der Waals surface area contributed by atoms with E-state index < -0.39 is 0 Å². The first-order valence-electron chi connectivity index (χ1n) is 9.03. The van der Waals surface area contributed by atoms with Crippen LogP contribution in [0.5, 0.6) is 5.75 Å². The van der Waals surface area contributed by atoms with Crippen LogP contribution in [0.4, 0.5) is 0 Å². The van der Waals surface area contributed by atoms with Crippen molar-refractivity contribution in [3.63, 3.8) is 0 Å². The molecule has 0 aliphatic rings. The fourth-order valence-corrected chi connectivity index (χ4v) is 3.97. The van der Waals surface area contributed by atoms with Gasteiger partial charge in [0, 0.05) is 18.8 Å². The highest BCUT2D eigenvalue weighted by molar-refractivity contribution is 7.99. The maximum Gasteiger partial charge on any atom is 0.119 e. The molecular formula is C23H25NOS. The maximum atomic E-state index is 5.70. The van der Waals surface area contributed by atoms with E-state index in [-0.39, 0.29) is 0 Å². The second kappa shape index (κ2) is 10.7. The summed E-state index contributed by atoms with van der Waals surface area (Å²) in [4.78, 5) is 0. The van der Waals surface area contributed by atoms with E-state index in [9.17, 15) is 0 Å². The van der Waals surface area contributed by atoms with Crippen LogP contribution >= 0.6 is 11.8 Å². The Morgan fingerprint density at radius 3 is 1.81 bits per heavy atom. The van der Waals surface area contributed by atoms with Gasteiger partial charge < -0.3 is 10.1 Å². The summed E-state index contributed by atoms with van der Waals surface area (Å²) in [6.45, 7) is 2.52. The number of benzene rings is 3. The molecule has 26 heavy (non-hydrogen) atoms. The summed E-state index contributed by atoms with van der Waals surface area (Å²) in [5.41, 5.74) is 2.72. The minimum atomic E-state index is 0.375. The summed E-state index contributed by atoms with van der Waals surface area (Å²) in [5, 5.41) is 3.84. The van der Waals surface area contributed by atoms with Gasteiger partial charge in [-0.2, -0.15) is 0 Å². The number of hydrogen-bond donors (Lipinski definition) is 1. The van der Waals surface area contributed by atoms with E-state index >= 15 is 0 Å². The van der Waals surface area contributed by atoms with E-state index in [1.165, 1.54) is 11.1 Å². The molecule has 0 aliphatic heterocycles. The summed E-state index contributed by atoms with van der Waals surface area (Å²) in [6, 6.07) is 31.4. The highest BCUT2D eigenvalue weighted by Crippen LogP contribution is 2.35. The third-order valence-electron chi connectivity index (χ3n) is 4.06. The highest BCUT2D eigenvalue weighted by atomic mass is 32.2. The lowest BCUT2D eigenvalue weighted by Gasteiger charge is -2.18. The Morgan fingerprint density at radius 2 is 1.23 bits per heavy atom. The van der Waals surface area contributed by atoms with Crippen LogP contribution in [0.2, 0.25) is 0 Å². The fourth-order valence-electron chi connectivity index (χ4n) is 2.77. The number of ether oxygens (including phenoxy) is 1. The summed E-state index contributed by atoms with van der Waals surface area (Å²) in [7, 11) is 0. The van der Waals surface area contributed by atoms with Gasteiger partial charge in [0.15, 0.2) is 0 Å². The zero-order valence-electron chi connectivity index (χ0n) is 14.9. The summed E-state index contributed by atoms with van der Waals surface area (Å²) in [5.74, 6) is 1.98. The normalized spacial score (nSPS) is 10.8. The van der Waals surface area contributed by atoms with Crippen LogP contribution in [0.25, 0.3) is 0 Å². The molecule has 0 bridgehead atoms. The van der Waals surface area contributed by atoms with Gasteiger partial charge in [-0.05, 0) is 23.3 Å². The van der Waals surface area contributed by atoms with Crippen molar-refractivity contribution in [2.45, 2.75) is 5.25 Å². The van der Waals surface area contributed by atoms with Crippen molar-refractivity contribution in [2.75, 3.05) is 25.4 Å². The van der Waals surface area contributed by atoms with Crippen LogP contribution in [0.15, 0.2) is 91.0 Å². The number of hydrogen-bond acceptors (Lipinski definition) is 3. The number of para-hydroxylation sites is 1. The van der Waals surface area contributed by atoms with Crippen molar-refractivity contribution in [3.8, 4) is 5.75 Å². The van der Waals surface area contributed by atoms with Gasteiger partial charge >= 0.3 is 0 Å². The molecule has 134 valence electrons. The topological polar surface area (TPSA) is 21.3 Å². The minimum absolute atomic E-state index is 0.375. The third-order valence-corrected chi connectivity index (χ3v) is 5.38. The lowest BCUT2D eigenvalue weighted by atomic mass is 10.0. The van der Waals surface area contributed by atoms with E-state index in [1.54, 1.807) is 0 Å². The molecule has 0 fully saturated rings. The van der Waals surface area contributed by atoms with Gasteiger partial charge in [-0.3, -0.25) is 0 Å². The average Bonchev–Trinajstić information content (AvgIpc) is 2.72. The van der Waals surface area contributed by atoms with Crippen LogP contribution in [-0.4, -0.2) is 25.4 Å². The van der Waals surface area contributed by atoms with Crippen LogP contribution in [-0.2, 0) is 0 Å². The molecule has 1 N–H and O–H groups in total. The Kier molecular flexibility index (Phi) is 7.63. The van der Waals surface area contributed by atoms with Gasteiger partial charge in [0.1, 0.15) is 12.4 Å². The molecule has 0 amide bonds. The smallest absolute Gasteiger partial charge is 0.119 e. The van der Waals surface area contributed by atoms with E-state index in [0.29, 0.717) is 11.9 Å². The summed E-state index contributed by atoms with van der Waals surface area (Å²) >= 11 is 1.98. The molecule has 0 heterocycles. The zero-order chi connectivity index (χ0) is 17.9. The van der Waals surface area contributed by atoms with Crippen LogP contribution in [0.1, 0.15) is 16.4 Å². The van der Waals surface area contributed by atoms with Crippen molar-refractivity contribution in [2.24, 2.45) is 0 Å². The summed E-state index contributed by atoms with van der Waals surface area (Å²) < 4.78 is 5.70. The molecule has 3 aromatic rings. The highest BCUT2D eigenvalue weighted by Gasteiger charge is 2.13. The molecule has 3 heteroatoms. The molecule has 3 rings (SSSR count). The first-order valence-corrected chi connectivity index (χ1v) is 10.1. The molecular weight excluding hydrogens is 338 g/mol. The first-order chi connectivity index (χ1) is 12.9. The average molecular weight is 364 g/mol. The second-order valence-corrected chi connectivity index (χ2v) is 7.20. The van der Waals surface area contributed by atoms with Gasteiger partial charge in [-0.25, -0.2) is 0 Å². The predicted octanol–water partition coefficient (Wildman–Crippen LogP) is 5.18. The Bertz CT molecular complexity index is 694. The van der Waals surface area contributed by atoms with Crippen molar-refractivity contribution < 1.29 is 4.74 Å². The van der Waals surface area contributed by atoms with Crippen molar-refractivity contribution in [3.05, 3.63) is 102 Å². The molecule has 0 atom stereocenters. The Morgan fingerprint density at radius 1 is 0.692 bits per heavy atom. The third kappa shape index (κ3) is 5.94. The van der Waals surface area contributed by atoms with E-state index in [2.05, 4.69) is 66.0 Å². The molecule has 2 nitrogen and oxygen atoms in total. The molecule has 0 saturated heterocycles. The van der Waals surface area contributed by atoms with Crippen molar-refractivity contribution in [1.29, 1.82) is 0 Å².